The highest BCUT2D eigenvalue weighted by Gasteiger charge is 2.16. The summed E-state index contributed by atoms with van der Waals surface area (Å²) in [4.78, 5) is 0. The van der Waals surface area contributed by atoms with Crippen molar-refractivity contribution in [2.75, 3.05) is 6.61 Å². The fourth-order valence-electron chi connectivity index (χ4n) is 2.30. The molecule has 1 saturated heterocycles. The van der Waals surface area contributed by atoms with Crippen LogP contribution >= 0.6 is 0 Å². The van der Waals surface area contributed by atoms with Crippen LogP contribution in [-0.2, 0) is 11.2 Å². The molecule has 0 saturated carbocycles. The van der Waals surface area contributed by atoms with Gasteiger partial charge in [0.2, 0.25) is 0 Å². The van der Waals surface area contributed by atoms with Crippen molar-refractivity contribution in [2.45, 2.75) is 44.2 Å². The molecule has 94 valence electrons. The lowest BCUT2D eigenvalue weighted by Gasteiger charge is -2.14. The molecule has 1 aromatic carbocycles. The first kappa shape index (κ1) is 12.5. The van der Waals surface area contributed by atoms with Gasteiger partial charge in [-0.2, -0.15) is 0 Å². The van der Waals surface area contributed by atoms with E-state index in [1.54, 1.807) is 12.1 Å². The van der Waals surface area contributed by atoms with Gasteiger partial charge in [-0.25, -0.2) is 4.39 Å². The molecule has 0 aromatic heterocycles. The zero-order chi connectivity index (χ0) is 12.1. The van der Waals surface area contributed by atoms with E-state index in [4.69, 9.17) is 10.5 Å². The van der Waals surface area contributed by atoms with E-state index < -0.39 is 0 Å². The summed E-state index contributed by atoms with van der Waals surface area (Å²) in [5.74, 6) is -0.193. The molecule has 2 rings (SSSR count). The van der Waals surface area contributed by atoms with Crippen molar-refractivity contribution >= 4 is 0 Å². The summed E-state index contributed by atoms with van der Waals surface area (Å²) in [6, 6.07) is 6.73. The molecule has 1 fully saturated rings. The summed E-state index contributed by atoms with van der Waals surface area (Å²) in [6.45, 7) is 0.901. The minimum Gasteiger partial charge on any atom is -0.378 e. The number of ether oxygens (including phenoxy) is 1. The molecule has 1 aliphatic rings. The summed E-state index contributed by atoms with van der Waals surface area (Å²) < 4.78 is 18.3. The molecular weight excluding hydrogens is 217 g/mol. The third-order valence-electron chi connectivity index (χ3n) is 3.29. The Morgan fingerprint density at radius 1 is 1.35 bits per heavy atom. The van der Waals surface area contributed by atoms with E-state index in [0.29, 0.717) is 6.10 Å². The van der Waals surface area contributed by atoms with E-state index in [1.165, 1.54) is 25.0 Å². The molecule has 1 aliphatic heterocycles. The van der Waals surface area contributed by atoms with Gasteiger partial charge in [0.15, 0.2) is 0 Å². The molecule has 2 nitrogen and oxygen atoms in total. The number of benzene rings is 1. The lowest BCUT2D eigenvalue weighted by atomic mass is 10.00. The number of nitrogens with two attached hydrogens (primary N) is 1. The third kappa shape index (κ3) is 4.10. The summed E-state index contributed by atoms with van der Waals surface area (Å²) in [5, 5.41) is 0. The molecule has 0 spiro atoms. The Kier molecular flexibility index (Phi) is 4.51. The summed E-state index contributed by atoms with van der Waals surface area (Å²) in [6.07, 6.45) is 5.59. The highest BCUT2D eigenvalue weighted by atomic mass is 19.1. The van der Waals surface area contributed by atoms with Crippen molar-refractivity contribution in [3.05, 3.63) is 35.6 Å². The Labute approximate surface area is 102 Å². The molecule has 0 bridgehead atoms. The van der Waals surface area contributed by atoms with Crippen LogP contribution in [0.4, 0.5) is 4.39 Å². The second-order valence-electron chi connectivity index (χ2n) is 4.80. The normalized spacial score (nSPS) is 21.6. The topological polar surface area (TPSA) is 35.2 Å². The third-order valence-corrected chi connectivity index (χ3v) is 3.29. The van der Waals surface area contributed by atoms with E-state index in [-0.39, 0.29) is 11.9 Å². The van der Waals surface area contributed by atoms with Crippen molar-refractivity contribution in [3.8, 4) is 0 Å². The Hall–Kier alpha value is -0.930. The van der Waals surface area contributed by atoms with Crippen LogP contribution in [0, 0.1) is 5.82 Å². The fourth-order valence-corrected chi connectivity index (χ4v) is 2.30. The predicted molar refractivity (Wildman–Crippen MR) is 66.3 cm³/mol. The zero-order valence-corrected chi connectivity index (χ0v) is 10.1. The average molecular weight is 237 g/mol. The predicted octanol–water partition coefficient (Wildman–Crippen LogP) is 2.65. The van der Waals surface area contributed by atoms with Crippen LogP contribution in [0.2, 0.25) is 0 Å². The molecule has 0 amide bonds. The van der Waals surface area contributed by atoms with E-state index >= 15 is 0 Å². The fraction of sp³-hybridized carbons (Fsp3) is 0.571. The smallest absolute Gasteiger partial charge is 0.123 e. The van der Waals surface area contributed by atoms with Crippen LogP contribution in [0.1, 0.15) is 31.2 Å². The van der Waals surface area contributed by atoms with Crippen LogP contribution in [0.5, 0.6) is 0 Å². The van der Waals surface area contributed by atoms with Crippen LogP contribution < -0.4 is 5.73 Å². The van der Waals surface area contributed by atoms with E-state index in [0.717, 1.165) is 31.4 Å². The first-order valence-corrected chi connectivity index (χ1v) is 6.35. The number of rotatable bonds is 5. The molecule has 1 heterocycles. The van der Waals surface area contributed by atoms with E-state index in [2.05, 4.69) is 0 Å². The molecular formula is C14H20FNO. The maximum Gasteiger partial charge on any atom is 0.123 e. The standard InChI is InChI=1S/C14H20FNO/c15-12-5-3-11(4-6-12)10-13(16)7-8-14-2-1-9-17-14/h3-6,13-14H,1-2,7-10,16H2. The van der Waals surface area contributed by atoms with Crippen LogP contribution in [0.15, 0.2) is 24.3 Å². The molecule has 0 aliphatic carbocycles. The van der Waals surface area contributed by atoms with Gasteiger partial charge >= 0.3 is 0 Å². The van der Waals surface area contributed by atoms with Gasteiger partial charge < -0.3 is 10.5 Å². The lowest BCUT2D eigenvalue weighted by Crippen LogP contribution is -2.24. The monoisotopic (exact) mass is 237 g/mol. The molecule has 0 radical (unpaired) electrons. The summed E-state index contributed by atoms with van der Waals surface area (Å²) in [7, 11) is 0. The van der Waals surface area contributed by atoms with Gasteiger partial charge in [-0.15, -0.1) is 0 Å². The summed E-state index contributed by atoms with van der Waals surface area (Å²) in [5.41, 5.74) is 7.18. The van der Waals surface area contributed by atoms with Gasteiger partial charge in [0.05, 0.1) is 6.10 Å². The van der Waals surface area contributed by atoms with E-state index in [9.17, 15) is 4.39 Å². The minimum absolute atomic E-state index is 0.143. The zero-order valence-electron chi connectivity index (χ0n) is 10.1. The largest absolute Gasteiger partial charge is 0.378 e. The van der Waals surface area contributed by atoms with Gasteiger partial charge in [0.1, 0.15) is 5.82 Å². The Balaban J connectivity index is 1.72. The average Bonchev–Trinajstić information content (AvgIpc) is 2.83. The first-order chi connectivity index (χ1) is 8.24. The molecule has 2 unspecified atom stereocenters. The van der Waals surface area contributed by atoms with Crippen molar-refractivity contribution in [1.29, 1.82) is 0 Å². The Morgan fingerprint density at radius 3 is 2.76 bits per heavy atom. The van der Waals surface area contributed by atoms with Crippen molar-refractivity contribution in [2.24, 2.45) is 5.73 Å². The van der Waals surface area contributed by atoms with Gasteiger partial charge in [0, 0.05) is 12.6 Å². The number of hydrogen-bond donors (Lipinski definition) is 1. The molecule has 2 N–H and O–H groups in total. The lowest BCUT2D eigenvalue weighted by molar-refractivity contribution is 0.101. The second-order valence-corrected chi connectivity index (χ2v) is 4.80. The van der Waals surface area contributed by atoms with Crippen LogP contribution in [0.3, 0.4) is 0 Å². The van der Waals surface area contributed by atoms with Gasteiger partial charge in [-0.3, -0.25) is 0 Å². The molecule has 17 heavy (non-hydrogen) atoms. The highest BCUT2D eigenvalue weighted by Crippen LogP contribution is 2.18. The number of halogens is 1. The maximum atomic E-state index is 12.7. The van der Waals surface area contributed by atoms with Crippen molar-refractivity contribution in [1.82, 2.24) is 0 Å². The van der Waals surface area contributed by atoms with Gasteiger partial charge in [-0.1, -0.05) is 12.1 Å². The highest BCUT2D eigenvalue weighted by molar-refractivity contribution is 5.17. The minimum atomic E-state index is -0.193. The molecule has 2 atom stereocenters. The molecule has 3 heteroatoms. The quantitative estimate of drug-likeness (QED) is 0.854. The van der Waals surface area contributed by atoms with Gasteiger partial charge in [0.25, 0.3) is 0 Å². The van der Waals surface area contributed by atoms with Crippen LogP contribution in [0.25, 0.3) is 0 Å². The Bertz CT molecular complexity index is 333. The maximum absolute atomic E-state index is 12.7. The van der Waals surface area contributed by atoms with Gasteiger partial charge in [-0.05, 0) is 49.8 Å². The van der Waals surface area contributed by atoms with Crippen LogP contribution in [-0.4, -0.2) is 18.8 Å². The first-order valence-electron chi connectivity index (χ1n) is 6.35. The second kappa shape index (κ2) is 6.12. The van der Waals surface area contributed by atoms with Crippen molar-refractivity contribution in [3.63, 3.8) is 0 Å². The summed E-state index contributed by atoms with van der Waals surface area (Å²) >= 11 is 0. The van der Waals surface area contributed by atoms with E-state index in [1.807, 2.05) is 0 Å². The SMILES string of the molecule is NC(CCC1CCCO1)Cc1ccc(F)cc1. The van der Waals surface area contributed by atoms with Crippen molar-refractivity contribution < 1.29 is 9.13 Å². The number of hydrogen-bond acceptors (Lipinski definition) is 2. The Morgan fingerprint density at radius 2 is 2.12 bits per heavy atom. The molecule has 1 aromatic rings.